The van der Waals surface area contributed by atoms with Crippen molar-refractivity contribution in [2.45, 2.75) is 206 Å². The highest BCUT2D eigenvalue weighted by Gasteiger charge is 2.26. The Hall–Kier alpha value is -0.990. The molecule has 286 valence electrons. The second-order valence-electron chi connectivity index (χ2n) is 13.5. The van der Waals surface area contributed by atoms with Gasteiger partial charge in [0.05, 0.1) is 13.2 Å². The highest BCUT2D eigenvalue weighted by molar-refractivity contribution is 7.47. The summed E-state index contributed by atoms with van der Waals surface area (Å²) in [5.74, 6) is -0.817. The van der Waals surface area contributed by atoms with E-state index in [4.69, 9.17) is 24.3 Å². The fraction of sp³-hybridized carbons (Fsp3) is 0.947. The van der Waals surface area contributed by atoms with Gasteiger partial charge in [0.15, 0.2) is 6.10 Å². The minimum atomic E-state index is -4.36. The molecular weight excluding hydrogens is 629 g/mol. The molecule has 0 aromatic heterocycles. The average molecular weight is 706 g/mol. The molecule has 0 fully saturated rings. The van der Waals surface area contributed by atoms with Crippen molar-refractivity contribution in [3.8, 4) is 0 Å². The molecule has 0 rings (SSSR count). The van der Waals surface area contributed by atoms with Gasteiger partial charge in [0.1, 0.15) is 6.61 Å². The van der Waals surface area contributed by atoms with Crippen molar-refractivity contribution >= 4 is 19.8 Å². The van der Waals surface area contributed by atoms with Gasteiger partial charge in [-0.1, -0.05) is 174 Å². The monoisotopic (exact) mass is 706 g/mol. The molecule has 0 amide bonds. The lowest BCUT2D eigenvalue weighted by Gasteiger charge is -2.19. The molecule has 0 aliphatic carbocycles. The zero-order valence-corrected chi connectivity index (χ0v) is 32.1. The molecule has 2 atom stereocenters. The van der Waals surface area contributed by atoms with E-state index in [0.717, 1.165) is 32.1 Å². The Bertz CT molecular complexity index is 769. The number of phosphoric acid groups is 1. The number of carbonyl (C=O) groups excluding carboxylic acids is 2. The summed E-state index contributed by atoms with van der Waals surface area (Å²) >= 11 is 0. The summed E-state index contributed by atoms with van der Waals surface area (Å²) in [5.41, 5.74) is 5.33. The van der Waals surface area contributed by atoms with Crippen LogP contribution in [0, 0.1) is 0 Å². The predicted octanol–water partition coefficient (Wildman–Crippen LogP) is 10.9. The molecule has 0 aliphatic rings. The summed E-state index contributed by atoms with van der Waals surface area (Å²) < 4.78 is 32.7. The third kappa shape index (κ3) is 34.9. The van der Waals surface area contributed by atoms with Gasteiger partial charge in [-0.25, -0.2) is 4.57 Å². The number of carbonyl (C=O) groups is 2. The van der Waals surface area contributed by atoms with Crippen LogP contribution in [0.2, 0.25) is 0 Å². The molecule has 0 saturated heterocycles. The van der Waals surface area contributed by atoms with Crippen molar-refractivity contribution < 1.29 is 37.6 Å². The summed E-state index contributed by atoms with van der Waals surface area (Å²) in [4.78, 5) is 34.7. The summed E-state index contributed by atoms with van der Waals surface area (Å²) in [6, 6.07) is 0. The fourth-order valence-electron chi connectivity index (χ4n) is 5.75. The first kappa shape index (κ1) is 47.0. The van der Waals surface area contributed by atoms with Gasteiger partial charge in [-0.3, -0.25) is 18.6 Å². The van der Waals surface area contributed by atoms with E-state index in [2.05, 4.69) is 13.8 Å². The van der Waals surface area contributed by atoms with Crippen LogP contribution in [0.1, 0.15) is 200 Å². The largest absolute Gasteiger partial charge is 0.472 e. The number of esters is 2. The molecule has 0 saturated carbocycles. The van der Waals surface area contributed by atoms with Crippen LogP contribution in [0.5, 0.6) is 0 Å². The Morgan fingerprint density at radius 2 is 0.896 bits per heavy atom. The standard InChI is InChI=1S/C38H76NO8P/c1-3-5-7-9-11-13-15-17-18-19-21-23-25-27-29-31-38(41)47-36(35-46-48(42,43)45-33-32-39)34-44-37(40)30-28-26-24-22-20-16-14-12-10-8-6-4-2/h36H,3-35,39H2,1-2H3,(H,42,43). The first-order valence-corrected chi connectivity index (χ1v) is 21.5. The Kier molecular flexibility index (Phi) is 35.1. The molecule has 0 heterocycles. The van der Waals surface area contributed by atoms with Crippen molar-refractivity contribution in [3.63, 3.8) is 0 Å². The molecule has 0 aromatic carbocycles. The molecular formula is C38H76NO8P. The van der Waals surface area contributed by atoms with Gasteiger partial charge in [-0.05, 0) is 12.8 Å². The average Bonchev–Trinajstić information content (AvgIpc) is 3.07. The second-order valence-corrected chi connectivity index (χ2v) is 15.0. The van der Waals surface area contributed by atoms with Crippen molar-refractivity contribution in [3.05, 3.63) is 0 Å². The number of nitrogens with two attached hydrogens (primary N) is 1. The maximum Gasteiger partial charge on any atom is 0.472 e. The molecule has 2 unspecified atom stereocenters. The van der Waals surface area contributed by atoms with Crippen molar-refractivity contribution in [2.75, 3.05) is 26.4 Å². The van der Waals surface area contributed by atoms with E-state index in [0.29, 0.717) is 6.42 Å². The first-order chi connectivity index (χ1) is 23.3. The van der Waals surface area contributed by atoms with E-state index in [9.17, 15) is 19.0 Å². The van der Waals surface area contributed by atoms with E-state index >= 15 is 0 Å². The molecule has 0 bridgehead atoms. The summed E-state index contributed by atoms with van der Waals surface area (Å²) in [6.07, 6.45) is 32.7. The highest BCUT2D eigenvalue weighted by atomic mass is 31.2. The Labute approximate surface area is 295 Å². The SMILES string of the molecule is CCCCCCCCCCCCCCCCCC(=O)OC(COC(=O)CCCCCCCCCCCCCC)COP(=O)(O)OCCN. The number of phosphoric ester groups is 1. The van der Waals surface area contributed by atoms with E-state index in [1.165, 1.54) is 135 Å². The zero-order valence-electron chi connectivity index (χ0n) is 31.2. The maximum atomic E-state index is 12.5. The van der Waals surface area contributed by atoms with E-state index < -0.39 is 26.5 Å². The van der Waals surface area contributed by atoms with Gasteiger partial charge >= 0.3 is 19.8 Å². The quantitative estimate of drug-likeness (QED) is 0.0365. The second kappa shape index (κ2) is 35.8. The van der Waals surface area contributed by atoms with Crippen molar-refractivity contribution in [2.24, 2.45) is 5.73 Å². The maximum absolute atomic E-state index is 12.5. The molecule has 0 spiro atoms. The topological polar surface area (TPSA) is 134 Å². The van der Waals surface area contributed by atoms with Crippen LogP contribution in [-0.4, -0.2) is 49.3 Å². The number of hydrogen-bond donors (Lipinski definition) is 2. The Morgan fingerprint density at radius 3 is 1.27 bits per heavy atom. The van der Waals surface area contributed by atoms with Gasteiger partial charge in [0.2, 0.25) is 0 Å². The molecule has 0 radical (unpaired) electrons. The third-order valence-electron chi connectivity index (χ3n) is 8.74. The van der Waals surface area contributed by atoms with Gasteiger partial charge in [0.25, 0.3) is 0 Å². The zero-order chi connectivity index (χ0) is 35.4. The molecule has 0 aliphatic heterocycles. The van der Waals surface area contributed by atoms with Gasteiger partial charge < -0.3 is 20.1 Å². The van der Waals surface area contributed by atoms with E-state index in [1.807, 2.05) is 0 Å². The van der Waals surface area contributed by atoms with Crippen LogP contribution in [0.25, 0.3) is 0 Å². The van der Waals surface area contributed by atoms with Crippen LogP contribution in [-0.2, 0) is 32.7 Å². The smallest absolute Gasteiger partial charge is 0.462 e. The summed E-state index contributed by atoms with van der Waals surface area (Å²) in [7, 11) is -4.36. The minimum absolute atomic E-state index is 0.0579. The predicted molar refractivity (Wildman–Crippen MR) is 197 cm³/mol. The lowest BCUT2D eigenvalue weighted by Crippen LogP contribution is -2.29. The summed E-state index contributed by atoms with van der Waals surface area (Å²) in [6.45, 7) is 3.75. The van der Waals surface area contributed by atoms with Crippen LogP contribution in [0.3, 0.4) is 0 Å². The normalized spacial score (nSPS) is 13.3. The number of unbranched alkanes of at least 4 members (excludes halogenated alkanes) is 25. The molecule has 48 heavy (non-hydrogen) atoms. The first-order valence-electron chi connectivity index (χ1n) is 20.0. The molecule has 10 heteroatoms. The van der Waals surface area contributed by atoms with Crippen LogP contribution < -0.4 is 5.73 Å². The van der Waals surface area contributed by atoms with Gasteiger partial charge in [0, 0.05) is 19.4 Å². The Morgan fingerprint density at radius 1 is 0.542 bits per heavy atom. The van der Waals surface area contributed by atoms with Crippen LogP contribution in [0.4, 0.5) is 0 Å². The van der Waals surface area contributed by atoms with Crippen LogP contribution in [0.15, 0.2) is 0 Å². The van der Waals surface area contributed by atoms with Crippen molar-refractivity contribution in [1.29, 1.82) is 0 Å². The van der Waals surface area contributed by atoms with E-state index in [-0.39, 0.29) is 38.6 Å². The third-order valence-corrected chi connectivity index (χ3v) is 9.73. The molecule has 0 aromatic rings. The fourth-order valence-corrected chi connectivity index (χ4v) is 6.52. The van der Waals surface area contributed by atoms with Gasteiger partial charge in [-0.2, -0.15) is 0 Å². The number of hydrogen-bond acceptors (Lipinski definition) is 8. The minimum Gasteiger partial charge on any atom is -0.462 e. The highest BCUT2D eigenvalue weighted by Crippen LogP contribution is 2.43. The number of ether oxygens (including phenoxy) is 2. The molecule has 9 nitrogen and oxygen atoms in total. The summed E-state index contributed by atoms with van der Waals surface area (Å²) in [5, 5.41) is 0. The van der Waals surface area contributed by atoms with Crippen molar-refractivity contribution in [1.82, 2.24) is 0 Å². The lowest BCUT2D eigenvalue weighted by molar-refractivity contribution is -0.161. The molecule has 3 N–H and O–H groups in total. The Balaban J connectivity index is 4.16. The lowest BCUT2D eigenvalue weighted by atomic mass is 10.0. The number of rotatable bonds is 38. The van der Waals surface area contributed by atoms with E-state index in [1.54, 1.807) is 0 Å². The van der Waals surface area contributed by atoms with Gasteiger partial charge in [-0.15, -0.1) is 0 Å². The van der Waals surface area contributed by atoms with Crippen LogP contribution >= 0.6 is 7.82 Å².